The van der Waals surface area contributed by atoms with Crippen LogP contribution >= 0.6 is 0 Å². The van der Waals surface area contributed by atoms with Gasteiger partial charge in [0.2, 0.25) is 0 Å². The van der Waals surface area contributed by atoms with Crippen molar-refractivity contribution in [3.63, 3.8) is 0 Å². The molecule has 12 heavy (non-hydrogen) atoms. The average Bonchev–Trinajstić information content (AvgIpc) is 2.62. The van der Waals surface area contributed by atoms with Gasteiger partial charge in [0.05, 0.1) is 6.61 Å². The van der Waals surface area contributed by atoms with Crippen molar-refractivity contribution in [1.82, 2.24) is 0 Å². The number of halogens is 3. The first kappa shape index (κ1) is 9.41. The van der Waals surface area contributed by atoms with Gasteiger partial charge in [0.25, 0.3) is 0 Å². The molecule has 0 aliphatic heterocycles. The van der Waals surface area contributed by atoms with E-state index in [1.165, 1.54) is 0 Å². The molecule has 0 aromatic rings. The second kappa shape index (κ2) is 2.99. The van der Waals surface area contributed by atoms with Crippen LogP contribution in [0.25, 0.3) is 0 Å². The molecule has 1 aliphatic carbocycles. The summed E-state index contributed by atoms with van der Waals surface area (Å²) >= 11 is 0. The van der Waals surface area contributed by atoms with Gasteiger partial charge in [0.15, 0.2) is 0 Å². The normalized spacial score (nSPS) is 28.3. The Morgan fingerprint density at radius 2 is 2.17 bits per heavy atom. The lowest BCUT2D eigenvalue weighted by Crippen LogP contribution is -2.18. The Kier molecular flexibility index (Phi) is 2.35. The number of hydrogen-bond acceptors (Lipinski definition) is 2. The summed E-state index contributed by atoms with van der Waals surface area (Å²) in [5.74, 6) is -3.02. The molecule has 0 radical (unpaired) electrons. The summed E-state index contributed by atoms with van der Waals surface area (Å²) in [4.78, 5) is 10.8. The van der Waals surface area contributed by atoms with Gasteiger partial charge in [-0.3, -0.25) is 4.79 Å². The van der Waals surface area contributed by atoms with E-state index in [4.69, 9.17) is 0 Å². The molecule has 6 heteroatoms. The third kappa shape index (κ3) is 1.92. The number of esters is 1. The zero-order chi connectivity index (χ0) is 9.35. The lowest BCUT2D eigenvalue weighted by Gasteiger charge is -2.11. The van der Waals surface area contributed by atoms with E-state index in [0.717, 1.165) is 0 Å². The third-order valence-electron chi connectivity index (χ3n) is 1.91. The molecule has 1 rings (SSSR count). The summed E-state index contributed by atoms with van der Waals surface area (Å²) < 4.78 is 40.3. The first-order valence-electron chi connectivity index (χ1n) is 3.83. The molecule has 1 aliphatic rings. The molecule has 1 fully saturated rings. The molecule has 0 spiro atoms. The van der Waals surface area contributed by atoms with Crippen LogP contribution in [0.15, 0.2) is 0 Å². The summed E-state index contributed by atoms with van der Waals surface area (Å²) in [6, 6.07) is 0. The van der Waals surface area contributed by atoms with Crippen molar-refractivity contribution in [3.8, 4) is 0 Å². The highest BCUT2D eigenvalue weighted by atomic mass is 19.4. The maximum Gasteiger partial charge on any atom is 0.482 e. The largest absolute Gasteiger partial charge is 0.482 e. The monoisotopic (exact) mass is 181 g/mol. The summed E-state index contributed by atoms with van der Waals surface area (Å²) in [5.41, 5.74) is 0. The smallest absolute Gasteiger partial charge is 0.466 e. The molecule has 1 saturated carbocycles. The number of carbonyl (C=O) groups is 1. The van der Waals surface area contributed by atoms with Crippen molar-refractivity contribution < 1.29 is 22.5 Å². The quantitative estimate of drug-likeness (QED) is 0.489. The van der Waals surface area contributed by atoms with Crippen LogP contribution in [-0.2, 0) is 9.53 Å². The Bertz CT molecular complexity index is 192. The van der Waals surface area contributed by atoms with E-state index in [-0.39, 0.29) is 13.0 Å². The SMILES string of the molecule is CCOC(=O)[C@H]1CC1[B-](F)(F)F. The summed E-state index contributed by atoms with van der Waals surface area (Å²) in [6.07, 6.45) is -0.0810. The van der Waals surface area contributed by atoms with Crippen molar-refractivity contribution in [2.24, 2.45) is 5.92 Å². The zero-order valence-electron chi connectivity index (χ0n) is 6.60. The maximum absolute atomic E-state index is 11.9. The fourth-order valence-electron chi connectivity index (χ4n) is 1.15. The topological polar surface area (TPSA) is 26.3 Å². The highest BCUT2D eigenvalue weighted by Gasteiger charge is 2.54. The van der Waals surface area contributed by atoms with Crippen molar-refractivity contribution in [1.29, 1.82) is 0 Å². The van der Waals surface area contributed by atoms with E-state index >= 15 is 0 Å². The van der Waals surface area contributed by atoms with Crippen molar-refractivity contribution in [3.05, 3.63) is 0 Å². The lowest BCUT2D eigenvalue weighted by atomic mass is 9.82. The van der Waals surface area contributed by atoms with Gasteiger partial charge in [-0.25, -0.2) is 0 Å². The minimum absolute atomic E-state index is 0.0810. The van der Waals surface area contributed by atoms with Crippen LogP contribution in [0.5, 0.6) is 0 Å². The standard InChI is InChI=1S/C6H9BF3O2/c1-2-12-6(11)4-3-5(4)7(8,9)10/h4-5H,2-3H2,1H3/q-1/t4-,5?/m0/s1. The van der Waals surface area contributed by atoms with E-state index in [1.54, 1.807) is 6.92 Å². The second-order valence-electron chi connectivity index (χ2n) is 2.88. The minimum atomic E-state index is -4.84. The Hall–Kier alpha value is -0.675. The number of rotatable bonds is 3. The predicted molar refractivity (Wildman–Crippen MR) is 37.6 cm³/mol. The molecule has 2 atom stereocenters. The van der Waals surface area contributed by atoms with Crippen molar-refractivity contribution >= 4 is 12.9 Å². The first-order valence-corrected chi connectivity index (χ1v) is 3.83. The van der Waals surface area contributed by atoms with Gasteiger partial charge in [-0.05, 0) is 6.92 Å². The first-order chi connectivity index (χ1) is 5.46. The molecule has 0 N–H and O–H groups in total. The Morgan fingerprint density at radius 1 is 1.58 bits per heavy atom. The molecule has 0 aromatic heterocycles. The van der Waals surface area contributed by atoms with Crippen LogP contribution in [0, 0.1) is 5.92 Å². The molecule has 0 aromatic carbocycles. The van der Waals surface area contributed by atoms with E-state index in [0.29, 0.717) is 0 Å². The molecule has 1 unspecified atom stereocenters. The number of ether oxygens (including phenoxy) is 1. The van der Waals surface area contributed by atoms with Gasteiger partial charge >= 0.3 is 12.9 Å². The molecule has 0 bridgehead atoms. The van der Waals surface area contributed by atoms with E-state index in [2.05, 4.69) is 4.74 Å². The van der Waals surface area contributed by atoms with Gasteiger partial charge in [-0.2, -0.15) is 0 Å². The van der Waals surface area contributed by atoms with E-state index < -0.39 is 24.7 Å². The van der Waals surface area contributed by atoms with Crippen molar-refractivity contribution in [2.75, 3.05) is 6.61 Å². The summed E-state index contributed by atoms with van der Waals surface area (Å²) in [5, 5.41) is 0. The lowest BCUT2D eigenvalue weighted by molar-refractivity contribution is -0.144. The third-order valence-corrected chi connectivity index (χ3v) is 1.91. The van der Waals surface area contributed by atoms with Crippen LogP contribution in [-0.4, -0.2) is 19.6 Å². The van der Waals surface area contributed by atoms with Crippen LogP contribution < -0.4 is 0 Å². The van der Waals surface area contributed by atoms with Gasteiger partial charge in [-0.15, -0.1) is 0 Å². The van der Waals surface area contributed by atoms with Crippen LogP contribution in [0.4, 0.5) is 12.9 Å². The number of hydrogen-bond donors (Lipinski definition) is 0. The Labute approximate surface area is 68.1 Å². The highest BCUT2D eigenvalue weighted by molar-refractivity contribution is 6.61. The van der Waals surface area contributed by atoms with E-state index in [9.17, 15) is 17.7 Å². The second-order valence-corrected chi connectivity index (χ2v) is 2.88. The molecular weight excluding hydrogens is 172 g/mol. The zero-order valence-corrected chi connectivity index (χ0v) is 6.60. The summed E-state index contributed by atoms with van der Waals surface area (Å²) in [7, 11) is 0. The maximum atomic E-state index is 11.9. The van der Waals surface area contributed by atoms with Crippen LogP contribution in [0.1, 0.15) is 13.3 Å². The molecule has 0 saturated heterocycles. The summed E-state index contributed by atoms with van der Waals surface area (Å²) in [6.45, 7) is -3.12. The average molecular weight is 181 g/mol. The van der Waals surface area contributed by atoms with Crippen molar-refractivity contribution in [2.45, 2.75) is 19.2 Å². The Balaban J connectivity index is 2.37. The van der Waals surface area contributed by atoms with Crippen LogP contribution in [0.2, 0.25) is 5.82 Å². The van der Waals surface area contributed by atoms with Gasteiger partial charge in [0.1, 0.15) is 0 Å². The predicted octanol–water partition coefficient (Wildman–Crippen LogP) is 1.79. The molecule has 2 nitrogen and oxygen atoms in total. The molecule has 0 heterocycles. The fourth-order valence-corrected chi connectivity index (χ4v) is 1.15. The highest BCUT2D eigenvalue weighted by Crippen LogP contribution is 2.53. The number of carbonyl (C=O) groups excluding carboxylic acids is 1. The Morgan fingerprint density at radius 3 is 2.50 bits per heavy atom. The van der Waals surface area contributed by atoms with Crippen LogP contribution in [0.3, 0.4) is 0 Å². The fraction of sp³-hybridized carbons (Fsp3) is 0.833. The van der Waals surface area contributed by atoms with Gasteiger partial charge < -0.3 is 17.7 Å². The molecule has 70 valence electrons. The minimum Gasteiger partial charge on any atom is -0.466 e. The van der Waals surface area contributed by atoms with E-state index in [1.807, 2.05) is 0 Å². The van der Waals surface area contributed by atoms with Gasteiger partial charge in [-0.1, -0.05) is 12.2 Å². The van der Waals surface area contributed by atoms with Gasteiger partial charge in [0, 0.05) is 5.92 Å². The molecule has 0 amide bonds. The molecular formula is C6H9BF3O2-.